The second-order valence-corrected chi connectivity index (χ2v) is 7.76. The number of para-hydroxylation sites is 1. The molecule has 31 heavy (non-hydrogen) atoms. The van der Waals surface area contributed by atoms with E-state index < -0.39 is 0 Å². The van der Waals surface area contributed by atoms with Gasteiger partial charge in [-0.3, -0.25) is 14.6 Å². The molecule has 0 unspecified atom stereocenters. The zero-order valence-corrected chi connectivity index (χ0v) is 18.3. The highest BCUT2D eigenvalue weighted by Gasteiger charge is 2.24. The Morgan fingerprint density at radius 3 is 2.45 bits per heavy atom. The van der Waals surface area contributed by atoms with Crippen molar-refractivity contribution < 1.29 is 14.0 Å². The zero-order chi connectivity index (χ0) is 22.2. The Kier molecular flexibility index (Phi) is 7.92. The predicted octanol–water partition coefficient (Wildman–Crippen LogP) is 2.91. The van der Waals surface area contributed by atoms with Crippen LogP contribution < -0.4 is 4.90 Å². The van der Waals surface area contributed by atoms with Crippen LogP contribution in [0.5, 0.6) is 0 Å². The first-order valence-electron chi connectivity index (χ1n) is 10.8. The summed E-state index contributed by atoms with van der Waals surface area (Å²) in [7, 11) is 0. The van der Waals surface area contributed by atoms with E-state index >= 15 is 0 Å². The van der Waals surface area contributed by atoms with Gasteiger partial charge in [0.1, 0.15) is 11.5 Å². The summed E-state index contributed by atoms with van der Waals surface area (Å²) in [5, 5.41) is 0. The first-order chi connectivity index (χ1) is 15.0. The molecule has 0 N–H and O–H groups in total. The van der Waals surface area contributed by atoms with Crippen molar-refractivity contribution in [1.82, 2.24) is 19.8 Å². The second kappa shape index (κ2) is 10.8. The van der Waals surface area contributed by atoms with Crippen molar-refractivity contribution in [1.29, 1.82) is 0 Å². The summed E-state index contributed by atoms with van der Waals surface area (Å²) in [6.45, 7) is 7.07. The van der Waals surface area contributed by atoms with Crippen LogP contribution >= 0.6 is 0 Å². The Bertz CT molecular complexity index is 882. The maximum atomic E-state index is 14.0. The fourth-order valence-electron chi connectivity index (χ4n) is 3.62. The van der Waals surface area contributed by atoms with E-state index in [1.807, 2.05) is 17.9 Å². The predicted molar refractivity (Wildman–Crippen MR) is 117 cm³/mol. The normalized spacial score (nSPS) is 13.9. The molecular formula is C23H30FN5O2. The molecule has 1 fully saturated rings. The minimum atomic E-state index is -0.244. The Hall–Kier alpha value is -3.03. The maximum Gasteiger partial charge on any atom is 0.274 e. The number of carbonyl (C=O) groups excluding carboxylic acids is 2. The number of hydrogen-bond acceptors (Lipinski definition) is 5. The van der Waals surface area contributed by atoms with Crippen molar-refractivity contribution >= 4 is 17.5 Å². The van der Waals surface area contributed by atoms with Crippen molar-refractivity contribution in [3.63, 3.8) is 0 Å². The number of anilines is 1. The van der Waals surface area contributed by atoms with Crippen LogP contribution in [0.1, 0.15) is 42.4 Å². The molecule has 7 nitrogen and oxygen atoms in total. The molecule has 0 radical (unpaired) electrons. The summed E-state index contributed by atoms with van der Waals surface area (Å²) >= 11 is 0. The van der Waals surface area contributed by atoms with Gasteiger partial charge in [0, 0.05) is 51.9 Å². The summed E-state index contributed by atoms with van der Waals surface area (Å²) in [4.78, 5) is 39.4. The summed E-state index contributed by atoms with van der Waals surface area (Å²) < 4.78 is 14.0. The summed E-state index contributed by atoms with van der Waals surface area (Å²) in [6.07, 6.45) is 5.14. The molecule has 1 aromatic carbocycles. The molecule has 1 aliphatic rings. The van der Waals surface area contributed by atoms with Crippen LogP contribution in [0.3, 0.4) is 0 Å². The van der Waals surface area contributed by atoms with Crippen molar-refractivity contribution in [2.24, 2.45) is 0 Å². The molecule has 0 aliphatic carbocycles. The molecule has 3 rings (SSSR count). The molecule has 8 heteroatoms. The molecule has 166 valence electrons. The van der Waals surface area contributed by atoms with Crippen LogP contribution in [-0.2, 0) is 4.79 Å². The van der Waals surface area contributed by atoms with Crippen molar-refractivity contribution in [2.45, 2.75) is 33.1 Å². The van der Waals surface area contributed by atoms with E-state index in [9.17, 15) is 14.0 Å². The standard InChI is InChI=1S/C23H30FN5O2/c1-3-4-10-29(23(31)20-17-25-18(2)16-26-20)11-9-22(30)28-14-12-27(13-15-28)21-8-6-5-7-19(21)24/h5-8,16-17H,3-4,9-15H2,1-2H3. The highest BCUT2D eigenvalue weighted by molar-refractivity contribution is 5.92. The molecule has 2 aromatic rings. The summed E-state index contributed by atoms with van der Waals surface area (Å²) in [5.41, 5.74) is 1.62. The van der Waals surface area contributed by atoms with Crippen LogP contribution in [0.25, 0.3) is 0 Å². The van der Waals surface area contributed by atoms with Gasteiger partial charge < -0.3 is 14.7 Å². The quantitative estimate of drug-likeness (QED) is 0.648. The van der Waals surface area contributed by atoms with Crippen LogP contribution in [0, 0.1) is 12.7 Å². The smallest absolute Gasteiger partial charge is 0.274 e. The lowest BCUT2D eigenvalue weighted by Crippen LogP contribution is -2.49. The second-order valence-electron chi connectivity index (χ2n) is 7.76. The largest absolute Gasteiger partial charge is 0.366 e. The number of halogens is 1. The Labute approximate surface area is 182 Å². The number of nitrogens with zero attached hydrogens (tertiary/aromatic N) is 5. The number of carbonyl (C=O) groups is 2. The van der Waals surface area contributed by atoms with Gasteiger partial charge in [0.25, 0.3) is 5.91 Å². The molecule has 2 amide bonds. The molecule has 0 saturated carbocycles. The monoisotopic (exact) mass is 427 g/mol. The lowest BCUT2D eigenvalue weighted by Gasteiger charge is -2.36. The van der Waals surface area contributed by atoms with Gasteiger partial charge in [-0.2, -0.15) is 0 Å². The van der Waals surface area contributed by atoms with E-state index in [0.29, 0.717) is 50.6 Å². The lowest BCUT2D eigenvalue weighted by molar-refractivity contribution is -0.131. The number of benzene rings is 1. The first kappa shape index (κ1) is 22.7. The van der Waals surface area contributed by atoms with E-state index in [-0.39, 0.29) is 24.1 Å². The highest BCUT2D eigenvalue weighted by Crippen LogP contribution is 2.20. The topological polar surface area (TPSA) is 69.6 Å². The van der Waals surface area contributed by atoms with E-state index in [4.69, 9.17) is 0 Å². The first-order valence-corrected chi connectivity index (χ1v) is 10.8. The van der Waals surface area contributed by atoms with Crippen LogP contribution in [0.15, 0.2) is 36.7 Å². The molecule has 1 aromatic heterocycles. The van der Waals surface area contributed by atoms with E-state index in [0.717, 1.165) is 18.5 Å². The van der Waals surface area contributed by atoms with Crippen molar-refractivity contribution in [2.75, 3.05) is 44.2 Å². The zero-order valence-electron chi connectivity index (χ0n) is 18.3. The molecule has 1 saturated heterocycles. The van der Waals surface area contributed by atoms with Crippen molar-refractivity contribution in [3.8, 4) is 0 Å². The third-order valence-electron chi connectivity index (χ3n) is 5.49. The molecule has 0 atom stereocenters. The van der Waals surface area contributed by atoms with Gasteiger partial charge in [0.15, 0.2) is 0 Å². The molecule has 2 heterocycles. The minimum Gasteiger partial charge on any atom is -0.366 e. The maximum absolute atomic E-state index is 14.0. The number of aromatic nitrogens is 2. The Morgan fingerprint density at radius 2 is 1.81 bits per heavy atom. The fourth-order valence-corrected chi connectivity index (χ4v) is 3.62. The highest BCUT2D eigenvalue weighted by atomic mass is 19.1. The number of rotatable bonds is 8. The van der Waals surface area contributed by atoms with E-state index in [1.165, 1.54) is 12.3 Å². The van der Waals surface area contributed by atoms with Gasteiger partial charge in [0.2, 0.25) is 5.91 Å². The van der Waals surface area contributed by atoms with Gasteiger partial charge in [-0.15, -0.1) is 0 Å². The van der Waals surface area contributed by atoms with Gasteiger partial charge in [-0.25, -0.2) is 9.37 Å². The average molecular weight is 428 g/mol. The molecule has 1 aliphatic heterocycles. The molecule has 0 spiro atoms. The summed E-state index contributed by atoms with van der Waals surface area (Å²) in [5.74, 6) is -0.429. The number of unbranched alkanes of at least 4 members (excludes halogenated alkanes) is 1. The van der Waals surface area contributed by atoms with E-state index in [2.05, 4.69) is 16.9 Å². The third kappa shape index (κ3) is 5.99. The lowest BCUT2D eigenvalue weighted by atomic mass is 10.2. The van der Waals surface area contributed by atoms with Gasteiger partial charge in [-0.05, 0) is 25.5 Å². The molecular weight excluding hydrogens is 397 g/mol. The van der Waals surface area contributed by atoms with E-state index in [1.54, 1.807) is 28.1 Å². The Balaban J connectivity index is 1.54. The fraction of sp³-hybridized carbons (Fsp3) is 0.478. The van der Waals surface area contributed by atoms with Crippen LogP contribution in [-0.4, -0.2) is 70.9 Å². The van der Waals surface area contributed by atoms with Crippen LogP contribution in [0.2, 0.25) is 0 Å². The average Bonchev–Trinajstić information content (AvgIpc) is 2.79. The number of piperazine rings is 1. The van der Waals surface area contributed by atoms with Crippen molar-refractivity contribution in [3.05, 3.63) is 53.9 Å². The van der Waals surface area contributed by atoms with Gasteiger partial charge in [0.05, 0.1) is 17.6 Å². The number of aryl methyl sites for hydroxylation is 1. The van der Waals surface area contributed by atoms with Gasteiger partial charge in [-0.1, -0.05) is 25.5 Å². The molecule has 0 bridgehead atoms. The van der Waals surface area contributed by atoms with Crippen LogP contribution in [0.4, 0.5) is 10.1 Å². The number of amides is 2. The summed E-state index contributed by atoms with van der Waals surface area (Å²) in [6, 6.07) is 6.70. The number of hydrogen-bond donors (Lipinski definition) is 0. The minimum absolute atomic E-state index is 0.0115. The Morgan fingerprint density at radius 1 is 1.06 bits per heavy atom. The van der Waals surface area contributed by atoms with Gasteiger partial charge >= 0.3 is 0 Å². The third-order valence-corrected chi connectivity index (χ3v) is 5.49. The SMILES string of the molecule is CCCCN(CCC(=O)N1CCN(c2ccccc2F)CC1)C(=O)c1cnc(C)cn1.